The van der Waals surface area contributed by atoms with Crippen LogP contribution >= 0.6 is 23.2 Å². The Morgan fingerprint density at radius 1 is 1.37 bits per heavy atom. The van der Waals surface area contributed by atoms with E-state index in [1.54, 1.807) is 25.1 Å². The Bertz CT molecular complexity index is 647. The highest BCUT2D eigenvalue weighted by atomic mass is 35.5. The van der Waals surface area contributed by atoms with E-state index in [9.17, 15) is 4.79 Å². The summed E-state index contributed by atoms with van der Waals surface area (Å²) < 4.78 is 0. The van der Waals surface area contributed by atoms with E-state index < -0.39 is 5.97 Å². The minimum Gasteiger partial charge on any atom is -0.478 e. The zero-order chi connectivity index (χ0) is 14.0. The van der Waals surface area contributed by atoms with E-state index in [0.717, 1.165) is 0 Å². The Labute approximate surface area is 119 Å². The third kappa shape index (κ3) is 2.94. The fraction of sp³-hybridized carbons (Fsp3) is 0.0833. The summed E-state index contributed by atoms with van der Waals surface area (Å²) in [5.74, 6) is -0.809. The molecule has 0 atom stereocenters. The Balaban J connectivity index is 2.32. The second kappa shape index (κ2) is 5.42. The fourth-order valence-corrected chi connectivity index (χ4v) is 1.81. The number of hydrogen-bond donors (Lipinski definition) is 2. The SMILES string of the molecule is Cc1nc(Nc2cccc(Cl)c2Cl)ncc1C(=O)O. The Morgan fingerprint density at radius 3 is 2.74 bits per heavy atom. The first-order valence-corrected chi connectivity index (χ1v) is 6.02. The second-order valence-corrected chi connectivity index (χ2v) is 4.51. The predicted octanol–water partition coefficient (Wildman–Crippen LogP) is 3.53. The molecule has 0 fully saturated rings. The van der Waals surface area contributed by atoms with E-state index in [1.807, 2.05) is 0 Å². The van der Waals surface area contributed by atoms with Crippen molar-refractivity contribution >= 4 is 40.8 Å². The first kappa shape index (κ1) is 13.6. The van der Waals surface area contributed by atoms with Gasteiger partial charge in [0.2, 0.25) is 5.95 Å². The van der Waals surface area contributed by atoms with Crippen molar-refractivity contribution in [3.8, 4) is 0 Å². The highest BCUT2D eigenvalue weighted by Crippen LogP contribution is 2.30. The lowest BCUT2D eigenvalue weighted by atomic mass is 10.2. The number of halogens is 2. The van der Waals surface area contributed by atoms with Gasteiger partial charge in [-0.1, -0.05) is 29.3 Å². The average Bonchev–Trinajstić information content (AvgIpc) is 2.34. The largest absolute Gasteiger partial charge is 0.478 e. The smallest absolute Gasteiger partial charge is 0.339 e. The topological polar surface area (TPSA) is 75.1 Å². The number of aromatic carboxylic acids is 1. The van der Waals surface area contributed by atoms with Crippen molar-refractivity contribution in [3.05, 3.63) is 45.7 Å². The van der Waals surface area contributed by atoms with Crippen LogP contribution in [0.5, 0.6) is 0 Å². The van der Waals surface area contributed by atoms with Crippen molar-refractivity contribution in [2.24, 2.45) is 0 Å². The van der Waals surface area contributed by atoms with Crippen molar-refractivity contribution in [3.63, 3.8) is 0 Å². The summed E-state index contributed by atoms with van der Waals surface area (Å²) in [6, 6.07) is 5.11. The summed E-state index contributed by atoms with van der Waals surface area (Å²) in [5.41, 5.74) is 0.975. The number of anilines is 2. The molecule has 7 heteroatoms. The van der Waals surface area contributed by atoms with Gasteiger partial charge >= 0.3 is 5.97 Å². The molecule has 0 saturated heterocycles. The van der Waals surface area contributed by atoms with E-state index >= 15 is 0 Å². The second-order valence-electron chi connectivity index (χ2n) is 3.72. The maximum Gasteiger partial charge on any atom is 0.339 e. The van der Waals surface area contributed by atoms with Gasteiger partial charge in [-0.25, -0.2) is 14.8 Å². The molecular weight excluding hydrogens is 289 g/mol. The van der Waals surface area contributed by atoms with E-state index in [0.29, 0.717) is 21.4 Å². The van der Waals surface area contributed by atoms with Crippen LogP contribution in [0.3, 0.4) is 0 Å². The van der Waals surface area contributed by atoms with Crippen LogP contribution in [0, 0.1) is 6.92 Å². The number of rotatable bonds is 3. The molecular formula is C12H9Cl2N3O2. The quantitative estimate of drug-likeness (QED) is 0.906. The van der Waals surface area contributed by atoms with Gasteiger partial charge in [0.05, 0.1) is 27.0 Å². The summed E-state index contributed by atoms with van der Waals surface area (Å²) >= 11 is 11.9. The van der Waals surface area contributed by atoms with Gasteiger partial charge in [-0.05, 0) is 19.1 Å². The molecule has 2 aromatic rings. The average molecular weight is 298 g/mol. The summed E-state index contributed by atoms with van der Waals surface area (Å²) in [4.78, 5) is 18.8. The maximum atomic E-state index is 10.9. The normalized spacial score (nSPS) is 10.3. The molecule has 0 unspecified atom stereocenters. The highest BCUT2D eigenvalue weighted by Gasteiger charge is 2.11. The molecule has 98 valence electrons. The first-order valence-electron chi connectivity index (χ1n) is 5.27. The number of nitrogens with one attached hydrogen (secondary N) is 1. The van der Waals surface area contributed by atoms with Crippen LogP contribution in [0.15, 0.2) is 24.4 Å². The Morgan fingerprint density at radius 2 is 2.11 bits per heavy atom. The Hall–Kier alpha value is -1.85. The van der Waals surface area contributed by atoms with Crippen molar-refractivity contribution in [2.75, 3.05) is 5.32 Å². The van der Waals surface area contributed by atoms with Crippen LogP contribution in [-0.4, -0.2) is 21.0 Å². The lowest BCUT2D eigenvalue weighted by molar-refractivity contribution is 0.0695. The number of benzene rings is 1. The van der Waals surface area contributed by atoms with Gasteiger partial charge in [-0.3, -0.25) is 0 Å². The fourth-order valence-electron chi connectivity index (χ4n) is 1.46. The molecule has 0 saturated carbocycles. The molecule has 1 heterocycles. The van der Waals surface area contributed by atoms with Gasteiger partial charge in [0.25, 0.3) is 0 Å². The van der Waals surface area contributed by atoms with Crippen LogP contribution in [-0.2, 0) is 0 Å². The van der Waals surface area contributed by atoms with E-state index in [4.69, 9.17) is 28.3 Å². The molecule has 2 N–H and O–H groups in total. The Kier molecular flexibility index (Phi) is 3.87. The molecule has 1 aromatic carbocycles. The number of carboxylic acid groups (broad SMARTS) is 1. The minimum atomic E-state index is -1.06. The third-order valence-electron chi connectivity index (χ3n) is 2.41. The molecule has 0 aliphatic carbocycles. The molecule has 0 aliphatic rings. The molecule has 0 spiro atoms. The zero-order valence-corrected chi connectivity index (χ0v) is 11.3. The first-order chi connectivity index (χ1) is 8.99. The number of nitrogens with zero attached hydrogens (tertiary/aromatic N) is 2. The number of carbonyl (C=O) groups is 1. The summed E-state index contributed by atoms with van der Waals surface area (Å²) in [6.45, 7) is 1.59. The minimum absolute atomic E-state index is 0.0581. The van der Waals surface area contributed by atoms with Crippen LogP contribution in [0.25, 0.3) is 0 Å². The van der Waals surface area contributed by atoms with E-state index in [1.165, 1.54) is 6.20 Å². The maximum absolute atomic E-state index is 10.9. The molecule has 0 amide bonds. The van der Waals surface area contributed by atoms with Crippen molar-refractivity contribution in [1.29, 1.82) is 0 Å². The van der Waals surface area contributed by atoms with Gasteiger partial charge in [0.15, 0.2) is 0 Å². The van der Waals surface area contributed by atoms with Crippen LogP contribution < -0.4 is 5.32 Å². The lowest BCUT2D eigenvalue weighted by Gasteiger charge is -2.08. The molecule has 0 aliphatic heterocycles. The standard InChI is InChI=1S/C12H9Cl2N3O2/c1-6-7(11(18)19)5-15-12(16-6)17-9-4-2-3-8(13)10(9)14/h2-5H,1H3,(H,18,19)(H,15,16,17). The summed E-state index contributed by atoms with van der Waals surface area (Å²) in [6.07, 6.45) is 1.24. The summed E-state index contributed by atoms with van der Waals surface area (Å²) in [5, 5.41) is 12.5. The van der Waals surface area contributed by atoms with Gasteiger partial charge in [0, 0.05) is 6.20 Å². The van der Waals surface area contributed by atoms with Gasteiger partial charge < -0.3 is 10.4 Å². The van der Waals surface area contributed by atoms with E-state index in [-0.39, 0.29) is 11.5 Å². The summed E-state index contributed by atoms with van der Waals surface area (Å²) in [7, 11) is 0. The molecule has 2 rings (SSSR count). The zero-order valence-electron chi connectivity index (χ0n) is 9.82. The molecule has 0 radical (unpaired) electrons. The van der Waals surface area contributed by atoms with E-state index in [2.05, 4.69) is 15.3 Å². The lowest BCUT2D eigenvalue weighted by Crippen LogP contribution is -2.06. The monoisotopic (exact) mass is 297 g/mol. The number of aromatic nitrogens is 2. The van der Waals surface area contributed by atoms with Crippen LogP contribution in [0.1, 0.15) is 16.1 Å². The van der Waals surface area contributed by atoms with Gasteiger partial charge in [0.1, 0.15) is 0 Å². The predicted molar refractivity (Wildman–Crippen MR) is 73.5 cm³/mol. The van der Waals surface area contributed by atoms with Crippen molar-refractivity contribution in [2.45, 2.75) is 6.92 Å². The van der Waals surface area contributed by atoms with Crippen molar-refractivity contribution < 1.29 is 9.90 Å². The van der Waals surface area contributed by atoms with Crippen molar-refractivity contribution in [1.82, 2.24) is 9.97 Å². The van der Waals surface area contributed by atoms with Gasteiger partial charge in [-0.2, -0.15) is 0 Å². The molecule has 19 heavy (non-hydrogen) atoms. The molecule has 1 aromatic heterocycles. The van der Waals surface area contributed by atoms with Gasteiger partial charge in [-0.15, -0.1) is 0 Å². The van der Waals surface area contributed by atoms with Crippen LogP contribution in [0.4, 0.5) is 11.6 Å². The molecule has 0 bridgehead atoms. The number of carboxylic acids is 1. The highest BCUT2D eigenvalue weighted by molar-refractivity contribution is 6.43. The number of hydrogen-bond acceptors (Lipinski definition) is 4. The van der Waals surface area contributed by atoms with Crippen LogP contribution in [0.2, 0.25) is 10.0 Å². The third-order valence-corrected chi connectivity index (χ3v) is 3.23. The molecule has 5 nitrogen and oxygen atoms in total. The number of aryl methyl sites for hydroxylation is 1.